The lowest BCUT2D eigenvalue weighted by Gasteiger charge is -2.28. The first-order chi connectivity index (χ1) is 17.6. The molecule has 0 spiro atoms. The highest BCUT2D eigenvalue weighted by atomic mass is 31.2. The Bertz CT molecular complexity index is 720. The van der Waals surface area contributed by atoms with E-state index in [4.69, 9.17) is 14.0 Å². The van der Waals surface area contributed by atoms with Gasteiger partial charge < -0.3 is 27.9 Å². The van der Waals surface area contributed by atoms with Gasteiger partial charge in [-0.2, -0.15) is 0 Å². The van der Waals surface area contributed by atoms with E-state index in [2.05, 4.69) is 19.1 Å². The predicted octanol–water partition coefficient (Wildman–Crippen LogP) is 6.99. The van der Waals surface area contributed by atoms with Gasteiger partial charge in [-0.05, 0) is 30.5 Å². The number of aryl methyl sites for hydroxylation is 1. The third-order valence-corrected chi connectivity index (χ3v) is 8.14. The van der Waals surface area contributed by atoms with Gasteiger partial charge in [0.25, 0.3) is 0 Å². The maximum absolute atomic E-state index is 12.2. The highest BCUT2D eigenvalue weighted by molar-refractivity contribution is 7.51. The lowest BCUT2D eigenvalue weighted by molar-refractivity contribution is -0.870. The van der Waals surface area contributed by atoms with Gasteiger partial charge >= 0.3 is 0 Å². The summed E-state index contributed by atoms with van der Waals surface area (Å²) in [5.74, 6) is 0.758. The average molecular weight is 542 g/mol. The van der Waals surface area contributed by atoms with E-state index in [0.29, 0.717) is 6.42 Å². The van der Waals surface area contributed by atoms with Gasteiger partial charge in [0.15, 0.2) is 0 Å². The Morgan fingerprint density at radius 1 is 0.811 bits per heavy atom. The smallest absolute Gasteiger partial charge is 0.135 e. The summed E-state index contributed by atoms with van der Waals surface area (Å²) in [7, 11) is 3.80. The van der Waals surface area contributed by atoms with Crippen LogP contribution in [0.2, 0.25) is 0 Å². The minimum atomic E-state index is -3.87. The van der Waals surface area contributed by atoms with Crippen molar-refractivity contribution in [1.82, 2.24) is 0 Å². The number of hydrogen-bond acceptors (Lipinski definition) is 5. The number of hydrogen-bond donors (Lipinski definition) is 0. The highest BCUT2D eigenvalue weighted by Gasteiger charge is 2.16. The van der Waals surface area contributed by atoms with E-state index in [1.54, 1.807) is 7.11 Å². The van der Waals surface area contributed by atoms with Gasteiger partial charge in [0.1, 0.15) is 26.1 Å². The minimum Gasteiger partial charge on any atom is -0.778 e. The third kappa shape index (κ3) is 19.8. The van der Waals surface area contributed by atoms with Crippen molar-refractivity contribution in [3.63, 3.8) is 0 Å². The first kappa shape index (κ1) is 34.1. The number of quaternary nitrogens is 1. The van der Waals surface area contributed by atoms with E-state index in [0.717, 1.165) is 23.2 Å². The Morgan fingerprint density at radius 2 is 1.35 bits per heavy atom. The fourth-order valence-electron chi connectivity index (χ4n) is 4.30. The van der Waals surface area contributed by atoms with Gasteiger partial charge in [0.2, 0.25) is 0 Å². The molecule has 0 radical (unpaired) electrons. The highest BCUT2D eigenvalue weighted by Crippen LogP contribution is 2.37. The monoisotopic (exact) mass is 541 g/mol. The molecule has 0 saturated carbocycles. The first-order valence-electron chi connectivity index (χ1n) is 14.6. The summed E-state index contributed by atoms with van der Waals surface area (Å²) in [6.45, 7) is 3.27. The van der Waals surface area contributed by atoms with Crippen molar-refractivity contribution in [2.75, 3.05) is 54.2 Å². The molecule has 2 unspecified atom stereocenters. The average Bonchev–Trinajstić information content (AvgIpc) is 2.84. The molecular weight excluding hydrogens is 485 g/mol. The van der Waals surface area contributed by atoms with Crippen LogP contribution >= 0.6 is 7.60 Å². The van der Waals surface area contributed by atoms with Gasteiger partial charge in [-0.1, -0.05) is 89.7 Å². The number of methoxy groups -OCH3 is 1. The van der Waals surface area contributed by atoms with Crippen LogP contribution in [-0.2, 0) is 20.2 Å². The van der Waals surface area contributed by atoms with Crippen LogP contribution in [0.3, 0.4) is 0 Å². The second-order valence-electron chi connectivity index (χ2n) is 11.4. The summed E-state index contributed by atoms with van der Waals surface area (Å²) in [4.78, 5) is 12.2. The van der Waals surface area contributed by atoms with E-state index in [1.165, 1.54) is 82.6 Å². The van der Waals surface area contributed by atoms with Crippen molar-refractivity contribution in [2.45, 2.75) is 103 Å². The molecule has 0 aliphatic heterocycles. The van der Waals surface area contributed by atoms with Crippen LogP contribution in [0.25, 0.3) is 0 Å². The fraction of sp³-hybridized carbons (Fsp3) is 0.800. The maximum atomic E-state index is 12.2. The molecule has 0 bridgehead atoms. The standard InChI is InChI=1S/C30H56NO5P/c1-6-7-8-9-10-11-12-13-14-15-16-17-19-28-20-22-29(23-21-28)35-26-30(34-5)27-36-37(32,33)25-18-24-31(2,3)4/h20-23,30H,6-19,24-27H2,1-5H3. The van der Waals surface area contributed by atoms with Crippen molar-refractivity contribution in [3.05, 3.63) is 29.8 Å². The van der Waals surface area contributed by atoms with E-state index in [-0.39, 0.29) is 19.4 Å². The predicted molar refractivity (Wildman–Crippen MR) is 153 cm³/mol. The summed E-state index contributed by atoms with van der Waals surface area (Å²) in [6, 6.07) is 8.19. The molecule has 0 fully saturated rings. The Hall–Kier alpha value is -0.910. The zero-order chi connectivity index (χ0) is 27.4. The van der Waals surface area contributed by atoms with Crippen molar-refractivity contribution in [3.8, 4) is 5.75 Å². The second-order valence-corrected chi connectivity index (χ2v) is 13.4. The lowest BCUT2D eigenvalue weighted by atomic mass is 10.0. The number of rotatable bonds is 24. The summed E-state index contributed by atoms with van der Waals surface area (Å²) in [6.07, 6.45) is 17.7. The lowest BCUT2D eigenvalue weighted by Crippen LogP contribution is -2.36. The first-order valence-corrected chi connectivity index (χ1v) is 16.4. The van der Waals surface area contributed by atoms with Crippen LogP contribution in [0.5, 0.6) is 5.75 Å². The Labute approximate surface area is 228 Å². The third-order valence-electron chi connectivity index (χ3n) is 6.73. The summed E-state index contributed by atoms with van der Waals surface area (Å²) in [5, 5.41) is 0. The van der Waals surface area contributed by atoms with Gasteiger partial charge in [0, 0.05) is 19.7 Å². The molecule has 0 aromatic heterocycles. The van der Waals surface area contributed by atoms with Crippen molar-refractivity contribution in [1.29, 1.82) is 0 Å². The molecule has 37 heavy (non-hydrogen) atoms. The molecule has 0 N–H and O–H groups in total. The summed E-state index contributed by atoms with van der Waals surface area (Å²) >= 11 is 0. The summed E-state index contributed by atoms with van der Waals surface area (Å²) < 4.78 is 29.3. The van der Waals surface area contributed by atoms with Crippen LogP contribution in [0.1, 0.15) is 96.0 Å². The van der Waals surface area contributed by atoms with Crippen molar-refractivity contribution < 1.29 is 27.9 Å². The second kappa shape index (κ2) is 20.1. The SMILES string of the molecule is CCCCCCCCCCCCCCc1ccc(OCC(COP(=O)([O-])CCC[N+](C)(C)C)OC)cc1. The number of benzene rings is 1. The van der Waals surface area contributed by atoms with E-state index in [9.17, 15) is 9.46 Å². The molecule has 0 saturated heterocycles. The molecule has 1 rings (SSSR count). The molecular formula is C30H56NO5P. The summed E-state index contributed by atoms with van der Waals surface area (Å²) in [5.41, 5.74) is 1.33. The Balaban J connectivity index is 2.15. The van der Waals surface area contributed by atoms with Crippen molar-refractivity contribution >= 4 is 7.60 Å². The molecule has 216 valence electrons. The van der Waals surface area contributed by atoms with Crippen LogP contribution in [0, 0.1) is 0 Å². The molecule has 1 aromatic carbocycles. The van der Waals surface area contributed by atoms with Crippen LogP contribution < -0.4 is 9.63 Å². The fourth-order valence-corrected chi connectivity index (χ4v) is 5.35. The van der Waals surface area contributed by atoms with Crippen LogP contribution in [0.15, 0.2) is 24.3 Å². The molecule has 2 atom stereocenters. The largest absolute Gasteiger partial charge is 0.778 e. The molecule has 6 nitrogen and oxygen atoms in total. The van der Waals surface area contributed by atoms with Gasteiger partial charge in [0.05, 0.1) is 34.3 Å². The van der Waals surface area contributed by atoms with Crippen LogP contribution in [-0.4, -0.2) is 64.8 Å². The molecule has 0 aliphatic carbocycles. The number of ether oxygens (including phenoxy) is 2. The topological polar surface area (TPSA) is 67.8 Å². The Morgan fingerprint density at radius 3 is 1.86 bits per heavy atom. The zero-order valence-corrected chi connectivity index (χ0v) is 25.4. The van der Waals surface area contributed by atoms with Gasteiger partial charge in [-0.15, -0.1) is 0 Å². The van der Waals surface area contributed by atoms with Gasteiger partial charge in [-0.25, -0.2) is 0 Å². The van der Waals surface area contributed by atoms with E-state index < -0.39 is 13.7 Å². The van der Waals surface area contributed by atoms with Crippen molar-refractivity contribution in [2.24, 2.45) is 0 Å². The quantitative estimate of drug-likeness (QED) is 0.0801. The normalized spacial score (nSPS) is 14.4. The number of unbranched alkanes of at least 4 members (excludes halogenated alkanes) is 11. The maximum Gasteiger partial charge on any atom is 0.135 e. The van der Waals surface area contributed by atoms with E-state index >= 15 is 0 Å². The number of nitrogens with zero attached hydrogens (tertiary/aromatic N) is 1. The van der Waals surface area contributed by atoms with Crippen LogP contribution in [0.4, 0.5) is 0 Å². The molecule has 1 aromatic rings. The zero-order valence-electron chi connectivity index (χ0n) is 24.6. The molecule has 0 amide bonds. The molecule has 0 aliphatic rings. The Kier molecular flexibility index (Phi) is 18.5. The molecule has 7 heteroatoms. The minimum absolute atomic E-state index is 0.0291. The van der Waals surface area contributed by atoms with Gasteiger partial charge in [-0.3, -0.25) is 0 Å². The van der Waals surface area contributed by atoms with E-state index in [1.807, 2.05) is 33.3 Å². The molecule has 0 heterocycles.